The first-order valence-electron chi connectivity index (χ1n) is 6.90. The van der Waals surface area contributed by atoms with Crippen LogP contribution in [0.2, 0.25) is 0 Å². The maximum atomic E-state index is 11.3. The highest BCUT2D eigenvalue weighted by Gasteiger charge is 2.17. The molecular formula is C13H19N5O. The van der Waals surface area contributed by atoms with E-state index < -0.39 is 0 Å². The van der Waals surface area contributed by atoms with Gasteiger partial charge in [-0.1, -0.05) is 0 Å². The van der Waals surface area contributed by atoms with E-state index in [-0.39, 0.29) is 5.91 Å². The van der Waals surface area contributed by atoms with Crippen molar-refractivity contribution in [3.05, 3.63) is 17.6 Å². The van der Waals surface area contributed by atoms with Gasteiger partial charge in [0, 0.05) is 24.2 Å². The minimum absolute atomic E-state index is 0.0449. The molecule has 2 aliphatic rings. The van der Waals surface area contributed by atoms with Crippen molar-refractivity contribution in [2.45, 2.75) is 38.3 Å². The number of hydrogen-bond acceptors (Lipinski definition) is 5. The molecule has 1 saturated heterocycles. The van der Waals surface area contributed by atoms with Crippen LogP contribution in [0.15, 0.2) is 6.20 Å². The normalized spacial score (nSPS) is 19.9. The van der Waals surface area contributed by atoms with Crippen LogP contribution in [0.25, 0.3) is 0 Å². The molecule has 19 heavy (non-hydrogen) atoms. The number of rotatable bonds is 3. The number of carbonyl (C=O) groups is 1. The van der Waals surface area contributed by atoms with Gasteiger partial charge in [0.05, 0.1) is 6.54 Å². The number of hydrogen-bond donors (Lipinski definition) is 3. The summed E-state index contributed by atoms with van der Waals surface area (Å²) in [6.45, 7) is 2.80. The van der Waals surface area contributed by atoms with Gasteiger partial charge in [-0.3, -0.25) is 4.79 Å². The van der Waals surface area contributed by atoms with Crippen LogP contribution in [0.4, 0.5) is 5.82 Å². The van der Waals surface area contributed by atoms with E-state index in [2.05, 4.69) is 25.9 Å². The number of aromatic nitrogens is 2. The van der Waals surface area contributed by atoms with Crippen LogP contribution in [0.1, 0.15) is 30.7 Å². The van der Waals surface area contributed by atoms with Gasteiger partial charge in [-0.05, 0) is 32.4 Å². The third-order valence-corrected chi connectivity index (χ3v) is 3.68. The second-order valence-electron chi connectivity index (χ2n) is 5.11. The highest BCUT2D eigenvalue weighted by atomic mass is 16.1. The lowest BCUT2D eigenvalue weighted by Crippen LogP contribution is -2.39. The Bertz CT molecular complexity index is 470. The Morgan fingerprint density at radius 1 is 1.32 bits per heavy atom. The van der Waals surface area contributed by atoms with Crippen molar-refractivity contribution in [2.75, 3.05) is 18.4 Å². The molecule has 0 aliphatic carbocycles. The summed E-state index contributed by atoms with van der Waals surface area (Å²) in [5.41, 5.74) is 1.03. The van der Waals surface area contributed by atoms with Crippen LogP contribution in [0.3, 0.4) is 0 Å². The van der Waals surface area contributed by atoms with Crippen molar-refractivity contribution in [2.24, 2.45) is 0 Å². The Kier molecular flexibility index (Phi) is 3.70. The fourth-order valence-corrected chi connectivity index (χ4v) is 2.52. The molecule has 0 aromatic carbocycles. The van der Waals surface area contributed by atoms with Crippen molar-refractivity contribution < 1.29 is 4.79 Å². The highest BCUT2D eigenvalue weighted by Crippen LogP contribution is 2.18. The van der Waals surface area contributed by atoms with Crippen molar-refractivity contribution in [1.29, 1.82) is 0 Å². The fraction of sp³-hybridized carbons (Fsp3) is 0.615. The molecule has 3 heterocycles. The quantitative estimate of drug-likeness (QED) is 0.724. The minimum Gasteiger partial charge on any atom is -0.317 e. The Balaban J connectivity index is 1.61. The zero-order valence-corrected chi connectivity index (χ0v) is 10.9. The van der Waals surface area contributed by atoms with Crippen LogP contribution in [0, 0.1) is 0 Å². The first-order chi connectivity index (χ1) is 9.31. The average Bonchev–Trinajstić information content (AvgIpc) is 2.46. The first kappa shape index (κ1) is 12.5. The second-order valence-corrected chi connectivity index (χ2v) is 5.11. The predicted octanol–water partition coefficient (Wildman–Crippen LogP) is 0.203. The van der Waals surface area contributed by atoms with Gasteiger partial charge in [0.15, 0.2) is 0 Å². The number of nitrogens with zero attached hydrogens (tertiary/aromatic N) is 2. The standard InChI is InChI=1S/C13H19N5O/c19-12-2-1-9-7-16-11(17-13(9)18-12)8-15-10-3-5-14-6-4-10/h7,10,14-15H,1-6,8H2,(H,16,17,18,19). The second kappa shape index (κ2) is 5.63. The van der Waals surface area contributed by atoms with E-state index in [1.807, 2.05) is 6.20 Å². The Morgan fingerprint density at radius 2 is 2.16 bits per heavy atom. The molecule has 1 aromatic rings. The minimum atomic E-state index is 0.0449. The number of piperidine rings is 1. The Morgan fingerprint density at radius 3 is 3.00 bits per heavy atom. The monoisotopic (exact) mass is 261 g/mol. The summed E-state index contributed by atoms with van der Waals surface area (Å²) in [7, 11) is 0. The lowest BCUT2D eigenvalue weighted by atomic mass is 10.1. The number of carbonyl (C=O) groups excluding carboxylic acids is 1. The summed E-state index contributed by atoms with van der Waals surface area (Å²) < 4.78 is 0. The summed E-state index contributed by atoms with van der Waals surface area (Å²) >= 11 is 0. The molecule has 1 amide bonds. The number of aryl methyl sites for hydroxylation is 1. The molecule has 0 radical (unpaired) electrons. The van der Waals surface area contributed by atoms with E-state index in [0.717, 1.165) is 43.7 Å². The Hall–Kier alpha value is -1.53. The van der Waals surface area contributed by atoms with Crippen LogP contribution in [-0.4, -0.2) is 35.0 Å². The number of anilines is 1. The van der Waals surface area contributed by atoms with E-state index in [1.165, 1.54) is 0 Å². The van der Waals surface area contributed by atoms with Gasteiger partial charge >= 0.3 is 0 Å². The fourth-order valence-electron chi connectivity index (χ4n) is 2.52. The van der Waals surface area contributed by atoms with Crippen LogP contribution in [0.5, 0.6) is 0 Å². The van der Waals surface area contributed by atoms with E-state index >= 15 is 0 Å². The van der Waals surface area contributed by atoms with Crippen LogP contribution < -0.4 is 16.0 Å². The lowest BCUT2D eigenvalue weighted by molar-refractivity contribution is -0.116. The number of amides is 1. The van der Waals surface area contributed by atoms with Crippen molar-refractivity contribution in [1.82, 2.24) is 20.6 Å². The topological polar surface area (TPSA) is 78.9 Å². The predicted molar refractivity (Wildman–Crippen MR) is 71.7 cm³/mol. The van der Waals surface area contributed by atoms with E-state index in [9.17, 15) is 4.79 Å². The van der Waals surface area contributed by atoms with Gasteiger partial charge in [0.1, 0.15) is 11.6 Å². The zero-order chi connectivity index (χ0) is 13.1. The van der Waals surface area contributed by atoms with Gasteiger partial charge < -0.3 is 16.0 Å². The van der Waals surface area contributed by atoms with Gasteiger partial charge in [0.25, 0.3) is 0 Å². The lowest BCUT2D eigenvalue weighted by Gasteiger charge is -2.23. The summed E-state index contributed by atoms with van der Waals surface area (Å²) in [5, 5.41) is 9.63. The molecule has 0 unspecified atom stereocenters. The zero-order valence-electron chi connectivity index (χ0n) is 10.9. The number of nitrogens with one attached hydrogen (secondary N) is 3. The third kappa shape index (κ3) is 3.08. The average molecular weight is 261 g/mol. The number of fused-ring (bicyclic) bond motifs is 1. The van der Waals surface area contributed by atoms with Crippen LogP contribution in [-0.2, 0) is 17.8 Å². The summed E-state index contributed by atoms with van der Waals surface area (Å²) in [5.74, 6) is 1.48. The summed E-state index contributed by atoms with van der Waals surface area (Å²) in [6.07, 6.45) is 5.39. The molecule has 0 saturated carbocycles. The van der Waals surface area contributed by atoms with Crippen molar-refractivity contribution in [3.8, 4) is 0 Å². The SMILES string of the molecule is O=C1CCc2cnc(CNC3CCNCC3)nc2N1. The molecule has 0 bridgehead atoms. The molecular weight excluding hydrogens is 242 g/mol. The maximum absolute atomic E-state index is 11.3. The van der Waals surface area contributed by atoms with E-state index in [0.29, 0.717) is 24.8 Å². The summed E-state index contributed by atoms with van der Waals surface area (Å²) in [4.78, 5) is 20.1. The van der Waals surface area contributed by atoms with Gasteiger partial charge in [-0.25, -0.2) is 9.97 Å². The van der Waals surface area contributed by atoms with Gasteiger partial charge in [-0.2, -0.15) is 0 Å². The largest absolute Gasteiger partial charge is 0.317 e. The molecule has 1 fully saturated rings. The molecule has 0 atom stereocenters. The Labute approximate surface area is 112 Å². The summed E-state index contributed by atoms with van der Waals surface area (Å²) in [6, 6.07) is 0.537. The molecule has 2 aliphatic heterocycles. The molecule has 6 nitrogen and oxygen atoms in total. The molecule has 3 rings (SSSR count). The van der Waals surface area contributed by atoms with E-state index in [1.54, 1.807) is 0 Å². The maximum Gasteiger partial charge on any atom is 0.225 e. The first-order valence-corrected chi connectivity index (χ1v) is 6.90. The smallest absolute Gasteiger partial charge is 0.225 e. The molecule has 6 heteroatoms. The van der Waals surface area contributed by atoms with Gasteiger partial charge in [-0.15, -0.1) is 0 Å². The van der Waals surface area contributed by atoms with Crippen LogP contribution >= 0.6 is 0 Å². The van der Waals surface area contributed by atoms with Crippen molar-refractivity contribution in [3.63, 3.8) is 0 Å². The highest BCUT2D eigenvalue weighted by molar-refractivity contribution is 5.92. The molecule has 1 aromatic heterocycles. The third-order valence-electron chi connectivity index (χ3n) is 3.68. The van der Waals surface area contributed by atoms with Gasteiger partial charge in [0.2, 0.25) is 5.91 Å². The molecule has 3 N–H and O–H groups in total. The van der Waals surface area contributed by atoms with E-state index in [4.69, 9.17) is 0 Å². The molecule has 102 valence electrons. The molecule has 0 spiro atoms. The van der Waals surface area contributed by atoms with Crippen molar-refractivity contribution >= 4 is 11.7 Å².